The van der Waals surface area contributed by atoms with E-state index in [1.165, 1.54) is 11.1 Å². The third-order valence-corrected chi connectivity index (χ3v) is 4.51. The molecule has 104 valence electrons. The zero-order valence-electron chi connectivity index (χ0n) is 12.3. The minimum Gasteiger partial charge on any atom is -0.349 e. The molecule has 0 N–H and O–H groups in total. The van der Waals surface area contributed by atoms with E-state index in [1.54, 1.807) is 14.2 Å². The largest absolute Gasteiger partial charge is 0.349 e. The summed E-state index contributed by atoms with van der Waals surface area (Å²) >= 11 is 0. The van der Waals surface area contributed by atoms with Crippen LogP contribution in [0.15, 0.2) is 18.2 Å². The molecule has 0 fully saturated rings. The van der Waals surface area contributed by atoms with Gasteiger partial charge in [0, 0.05) is 32.1 Å². The first-order chi connectivity index (χ1) is 8.94. The smallest absolute Gasteiger partial charge is 0.198 e. The minimum atomic E-state index is -0.828. The van der Waals surface area contributed by atoms with Crippen LogP contribution < -0.4 is 0 Å². The molecule has 2 rings (SSSR count). The maximum absolute atomic E-state index is 11.1. The lowest BCUT2D eigenvalue weighted by atomic mass is 9.75. The molecule has 0 amide bonds. The maximum Gasteiger partial charge on any atom is 0.198 e. The first kappa shape index (κ1) is 14.2. The molecule has 0 aliphatic heterocycles. The second kappa shape index (κ2) is 4.73. The van der Waals surface area contributed by atoms with Gasteiger partial charge in [-0.25, -0.2) is 0 Å². The minimum absolute atomic E-state index is 0.0238. The predicted octanol–water partition coefficient (Wildman–Crippen LogP) is 2.94. The number of hydrogen-bond donors (Lipinski definition) is 0. The van der Waals surface area contributed by atoms with Gasteiger partial charge < -0.3 is 14.3 Å². The molecule has 19 heavy (non-hydrogen) atoms. The summed E-state index contributed by atoms with van der Waals surface area (Å²) in [6.07, 6.45) is 1.38. The van der Waals surface area contributed by atoms with E-state index >= 15 is 0 Å². The Bertz CT molecular complexity index is 487. The van der Waals surface area contributed by atoms with E-state index in [4.69, 9.17) is 9.47 Å². The molecule has 1 aliphatic carbocycles. The van der Waals surface area contributed by atoms with Crippen LogP contribution in [-0.2, 0) is 25.5 Å². The highest BCUT2D eigenvalue weighted by Gasteiger charge is 2.57. The first-order valence-corrected chi connectivity index (χ1v) is 6.59. The van der Waals surface area contributed by atoms with Crippen LogP contribution in [0.2, 0.25) is 0 Å². The van der Waals surface area contributed by atoms with Crippen molar-refractivity contribution < 1.29 is 14.3 Å². The summed E-state index contributed by atoms with van der Waals surface area (Å²) in [4.78, 5) is 11.1. The van der Waals surface area contributed by atoms with Gasteiger partial charge in [0.25, 0.3) is 0 Å². The van der Waals surface area contributed by atoms with Crippen LogP contribution in [-0.4, -0.2) is 20.5 Å². The van der Waals surface area contributed by atoms with Gasteiger partial charge in [-0.1, -0.05) is 37.6 Å². The van der Waals surface area contributed by atoms with E-state index < -0.39 is 5.79 Å². The van der Waals surface area contributed by atoms with Crippen molar-refractivity contribution in [2.75, 3.05) is 14.2 Å². The Kier molecular flexibility index (Phi) is 3.54. The molecule has 0 saturated carbocycles. The van der Waals surface area contributed by atoms with Crippen molar-refractivity contribution >= 4 is 6.29 Å². The van der Waals surface area contributed by atoms with E-state index in [9.17, 15) is 4.79 Å². The van der Waals surface area contributed by atoms with Crippen LogP contribution in [0.4, 0.5) is 0 Å². The van der Waals surface area contributed by atoms with Crippen molar-refractivity contribution in [1.29, 1.82) is 0 Å². The normalized spacial score (nSPS) is 23.1. The lowest BCUT2D eigenvalue weighted by Crippen LogP contribution is -2.41. The Morgan fingerprint density at radius 3 is 2.37 bits per heavy atom. The fraction of sp³-hybridized carbons (Fsp3) is 0.562. The lowest BCUT2D eigenvalue weighted by molar-refractivity contribution is -0.251. The molecule has 1 aliphatic rings. The molecule has 0 heterocycles. The summed E-state index contributed by atoms with van der Waals surface area (Å²) in [5.74, 6) is -0.851. The summed E-state index contributed by atoms with van der Waals surface area (Å²) in [5.41, 5.74) is 3.26. The Hall–Kier alpha value is -1.19. The Balaban J connectivity index is 2.70. The van der Waals surface area contributed by atoms with Crippen molar-refractivity contribution in [2.45, 2.75) is 38.4 Å². The van der Waals surface area contributed by atoms with Gasteiger partial charge in [-0.15, -0.1) is 0 Å². The molecule has 3 heteroatoms. The van der Waals surface area contributed by atoms with Gasteiger partial charge in [-0.2, -0.15) is 0 Å². The Morgan fingerprint density at radius 2 is 1.84 bits per heavy atom. The van der Waals surface area contributed by atoms with Gasteiger partial charge in [0.2, 0.25) is 0 Å². The SMILES string of the molecule is COC1(OC)c2cc(C)ccc2C(C)(C)C1CC=O. The summed E-state index contributed by atoms with van der Waals surface area (Å²) < 4.78 is 11.5. The van der Waals surface area contributed by atoms with Gasteiger partial charge in [0.05, 0.1) is 0 Å². The standard InChI is InChI=1S/C16H22O3/c1-11-6-7-12-13(10-11)16(18-4,19-5)14(8-9-17)15(12,2)3/h6-7,9-10,14H,8H2,1-5H3. The molecule has 0 saturated heterocycles. The van der Waals surface area contributed by atoms with Crippen molar-refractivity contribution in [3.05, 3.63) is 34.9 Å². The van der Waals surface area contributed by atoms with E-state index in [2.05, 4.69) is 39.0 Å². The maximum atomic E-state index is 11.1. The number of carbonyl (C=O) groups excluding carboxylic acids is 1. The zero-order valence-corrected chi connectivity index (χ0v) is 12.3. The van der Waals surface area contributed by atoms with Gasteiger partial charge in [0.15, 0.2) is 5.79 Å². The number of carbonyl (C=O) groups is 1. The zero-order chi connectivity index (χ0) is 14.3. The molecule has 1 unspecified atom stereocenters. The average molecular weight is 262 g/mol. The van der Waals surface area contributed by atoms with E-state index in [0.717, 1.165) is 11.8 Å². The molecule has 1 aromatic carbocycles. The number of aldehydes is 1. The summed E-state index contributed by atoms with van der Waals surface area (Å²) in [6, 6.07) is 6.33. The Labute approximate surface area is 114 Å². The van der Waals surface area contributed by atoms with Crippen LogP contribution in [0.25, 0.3) is 0 Å². The molecule has 0 spiro atoms. The Morgan fingerprint density at radius 1 is 1.21 bits per heavy atom. The number of ether oxygens (including phenoxy) is 2. The molecule has 1 atom stereocenters. The van der Waals surface area contributed by atoms with Crippen molar-refractivity contribution in [3.63, 3.8) is 0 Å². The molecule has 3 nitrogen and oxygen atoms in total. The number of benzene rings is 1. The summed E-state index contributed by atoms with van der Waals surface area (Å²) in [6.45, 7) is 6.35. The van der Waals surface area contributed by atoms with Crippen LogP contribution in [0.5, 0.6) is 0 Å². The topological polar surface area (TPSA) is 35.5 Å². The van der Waals surface area contributed by atoms with Crippen molar-refractivity contribution in [3.8, 4) is 0 Å². The summed E-state index contributed by atoms with van der Waals surface area (Å²) in [5, 5.41) is 0. The molecule has 1 aromatic rings. The second-order valence-electron chi connectivity index (χ2n) is 5.80. The van der Waals surface area contributed by atoms with E-state index in [1.807, 2.05) is 0 Å². The third-order valence-electron chi connectivity index (χ3n) is 4.51. The monoisotopic (exact) mass is 262 g/mol. The predicted molar refractivity (Wildman–Crippen MR) is 74.1 cm³/mol. The molecule has 0 radical (unpaired) electrons. The lowest BCUT2D eigenvalue weighted by Gasteiger charge is -2.37. The van der Waals surface area contributed by atoms with E-state index in [-0.39, 0.29) is 11.3 Å². The average Bonchev–Trinajstić information content (AvgIpc) is 2.56. The molecule has 0 bridgehead atoms. The first-order valence-electron chi connectivity index (χ1n) is 6.59. The second-order valence-corrected chi connectivity index (χ2v) is 5.80. The third kappa shape index (κ3) is 1.84. The van der Waals surface area contributed by atoms with Crippen LogP contribution in [0.3, 0.4) is 0 Å². The van der Waals surface area contributed by atoms with Gasteiger partial charge in [-0.05, 0) is 17.9 Å². The fourth-order valence-electron chi connectivity index (χ4n) is 3.49. The number of aryl methyl sites for hydroxylation is 1. The number of methoxy groups -OCH3 is 2. The highest BCUT2D eigenvalue weighted by atomic mass is 16.7. The molecule has 0 aromatic heterocycles. The molecular formula is C16H22O3. The van der Waals surface area contributed by atoms with Crippen molar-refractivity contribution in [2.24, 2.45) is 5.92 Å². The van der Waals surface area contributed by atoms with E-state index in [0.29, 0.717) is 6.42 Å². The number of fused-ring (bicyclic) bond motifs is 1. The highest BCUT2D eigenvalue weighted by Crippen LogP contribution is 2.55. The van der Waals surface area contributed by atoms with Gasteiger partial charge in [0.1, 0.15) is 6.29 Å². The quantitative estimate of drug-likeness (QED) is 0.618. The van der Waals surface area contributed by atoms with Gasteiger partial charge >= 0.3 is 0 Å². The molecular weight excluding hydrogens is 240 g/mol. The van der Waals surface area contributed by atoms with Crippen LogP contribution >= 0.6 is 0 Å². The van der Waals surface area contributed by atoms with Crippen molar-refractivity contribution in [1.82, 2.24) is 0 Å². The highest BCUT2D eigenvalue weighted by molar-refractivity contribution is 5.54. The number of rotatable bonds is 4. The van der Waals surface area contributed by atoms with Crippen LogP contribution in [0, 0.1) is 12.8 Å². The summed E-state index contributed by atoms with van der Waals surface area (Å²) in [7, 11) is 3.30. The van der Waals surface area contributed by atoms with Crippen LogP contribution in [0.1, 0.15) is 37.0 Å². The number of hydrogen-bond acceptors (Lipinski definition) is 3. The fourth-order valence-corrected chi connectivity index (χ4v) is 3.49. The van der Waals surface area contributed by atoms with Gasteiger partial charge in [-0.3, -0.25) is 0 Å².